The summed E-state index contributed by atoms with van der Waals surface area (Å²) in [4.78, 5) is 22.7. The molecule has 0 bridgehead atoms. The quantitative estimate of drug-likeness (QED) is 0.184. The summed E-state index contributed by atoms with van der Waals surface area (Å²) in [6.45, 7) is 7.39. The SMILES string of the molecule is CCN=C([S-])N/N=C1\CCC(CC(=O)N2CCOCC2)\C1=N/NC([S-])=NCC.[Cu+2]. The number of amides is 1. The van der Waals surface area contributed by atoms with Crippen molar-refractivity contribution >= 4 is 52.9 Å². The monoisotopic (exact) mass is 488 g/mol. The van der Waals surface area contributed by atoms with E-state index in [2.05, 4.69) is 31.0 Å². The number of morpholine rings is 1. The van der Waals surface area contributed by atoms with Gasteiger partial charge in [-0.2, -0.15) is 10.2 Å². The Hall–Kier alpha value is -1.33. The molecule has 2 rings (SSSR count). The van der Waals surface area contributed by atoms with Crippen molar-refractivity contribution in [2.75, 3.05) is 39.4 Å². The number of carbonyl (C=O) groups excluding carboxylic acids is 1. The molecule has 1 aliphatic heterocycles. The van der Waals surface area contributed by atoms with E-state index in [4.69, 9.17) is 30.0 Å². The zero-order valence-electron chi connectivity index (χ0n) is 16.6. The molecule has 2 N–H and O–H groups in total. The van der Waals surface area contributed by atoms with Crippen molar-refractivity contribution in [3.63, 3.8) is 0 Å². The number of nitrogens with one attached hydrogen (secondary N) is 2. The van der Waals surface area contributed by atoms with E-state index < -0.39 is 0 Å². The third kappa shape index (κ3) is 8.51. The molecule has 1 saturated heterocycles. The van der Waals surface area contributed by atoms with Crippen LogP contribution in [-0.4, -0.2) is 72.0 Å². The molecule has 165 valence electrons. The van der Waals surface area contributed by atoms with Gasteiger partial charge in [0.15, 0.2) is 0 Å². The van der Waals surface area contributed by atoms with Crippen LogP contribution in [0.4, 0.5) is 0 Å². The van der Waals surface area contributed by atoms with E-state index in [0.29, 0.717) is 68.3 Å². The molecule has 1 radical (unpaired) electrons. The number of hydrogen-bond donors (Lipinski definition) is 2. The third-order valence-electron chi connectivity index (χ3n) is 4.36. The number of amidine groups is 2. The molecule has 0 aromatic carbocycles. The minimum Gasteiger partial charge on any atom is -0.741 e. The van der Waals surface area contributed by atoms with Gasteiger partial charge in [-0.3, -0.25) is 25.6 Å². The van der Waals surface area contributed by atoms with E-state index in [1.807, 2.05) is 18.7 Å². The van der Waals surface area contributed by atoms with Gasteiger partial charge in [0.1, 0.15) is 0 Å². The molecule has 1 saturated carbocycles. The summed E-state index contributed by atoms with van der Waals surface area (Å²) in [5.74, 6) is 0.0667. The van der Waals surface area contributed by atoms with E-state index in [0.717, 1.165) is 12.1 Å². The van der Waals surface area contributed by atoms with Crippen LogP contribution in [-0.2, 0) is 51.9 Å². The van der Waals surface area contributed by atoms with Crippen molar-refractivity contribution in [3.8, 4) is 0 Å². The van der Waals surface area contributed by atoms with Crippen LogP contribution in [0.15, 0.2) is 20.2 Å². The van der Waals surface area contributed by atoms with Crippen molar-refractivity contribution in [1.82, 2.24) is 15.8 Å². The number of ether oxygens (including phenoxy) is 1. The number of hydrazone groups is 2. The van der Waals surface area contributed by atoms with Gasteiger partial charge in [-0.05, 0) is 37.0 Å². The summed E-state index contributed by atoms with van der Waals surface area (Å²) in [7, 11) is 0. The standard InChI is InChI=1S/C17H29N7O2S2.Cu/c1-3-18-16(27)22-20-13-6-5-12(15(13)21-23-17(28)19-4-2)11-14(25)24-7-9-26-10-8-24;/h12H,3-11H2,1-2H3,(H2,18,22,27)(H2,19,23,28);/q;+2/p-2/b20-13+,21-15+;. The normalized spacial score (nSPS) is 23.2. The molecule has 12 heteroatoms. The summed E-state index contributed by atoms with van der Waals surface area (Å²) in [6, 6.07) is 0. The van der Waals surface area contributed by atoms with E-state index in [1.54, 1.807) is 0 Å². The molecule has 2 aliphatic rings. The summed E-state index contributed by atoms with van der Waals surface area (Å²) in [5.41, 5.74) is 7.04. The molecule has 1 atom stereocenters. The average Bonchev–Trinajstić information content (AvgIpc) is 3.07. The fraction of sp³-hybridized carbons (Fsp3) is 0.706. The van der Waals surface area contributed by atoms with Gasteiger partial charge in [-0.1, -0.05) is 0 Å². The smallest absolute Gasteiger partial charge is 0.741 e. The molecule has 2 fully saturated rings. The second kappa shape index (κ2) is 13.8. The van der Waals surface area contributed by atoms with Crippen LogP contribution in [0.3, 0.4) is 0 Å². The predicted molar refractivity (Wildman–Crippen MR) is 117 cm³/mol. The molecule has 1 aliphatic carbocycles. The topological polar surface area (TPSA) is 103 Å². The Labute approximate surface area is 193 Å². The second-order valence-corrected chi connectivity index (χ2v) is 7.04. The summed E-state index contributed by atoms with van der Waals surface area (Å²) in [6.07, 6.45) is 1.86. The number of nitrogens with zero attached hydrogens (tertiary/aromatic N) is 5. The van der Waals surface area contributed by atoms with Gasteiger partial charge < -0.3 is 34.9 Å². The zero-order valence-corrected chi connectivity index (χ0v) is 19.2. The maximum Gasteiger partial charge on any atom is 2.00 e. The van der Waals surface area contributed by atoms with Crippen molar-refractivity contribution < 1.29 is 26.6 Å². The van der Waals surface area contributed by atoms with Crippen LogP contribution < -0.4 is 10.9 Å². The van der Waals surface area contributed by atoms with Crippen LogP contribution in [0.1, 0.15) is 33.1 Å². The molecule has 0 aromatic heterocycles. The van der Waals surface area contributed by atoms with Crippen LogP contribution in [0, 0.1) is 5.92 Å². The van der Waals surface area contributed by atoms with Gasteiger partial charge >= 0.3 is 17.1 Å². The molecule has 9 nitrogen and oxygen atoms in total. The molecule has 0 spiro atoms. The first-order chi connectivity index (χ1) is 13.5. The maximum atomic E-state index is 12.7. The molecule has 0 aromatic rings. The molecule has 1 unspecified atom stereocenters. The molecular weight excluding hydrogens is 462 g/mol. The fourth-order valence-corrected chi connectivity index (χ4v) is 3.36. The molecule has 29 heavy (non-hydrogen) atoms. The number of carbonyl (C=O) groups is 1. The maximum absolute atomic E-state index is 12.7. The first kappa shape index (κ1) is 25.7. The van der Waals surface area contributed by atoms with Crippen LogP contribution >= 0.6 is 0 Å². The van der Waals surface area contributed by atoms with E-state index in [1.165, 1.54) is 0 Å². The number of hydrogen-bond acceptors (Lipinski definition) is 8. The Kier molecular flexibility index (Phi) is 12.2. The Bertz CT molecular complexity index is 664. The molecule has 1 amide bonds. The minimum absolute atomic E-state index is 0. The van der Waals surface area contributed by atoms with Crippen LogP contribution in [0.25, 0.3) is 0 Å². The van der Waals surface area contributed by atoms with Gasteiger partial charge in [0.05, 0.1) is 24.6 Å². The number of rotatable bonds is 6. The Morgan fingerprint density at radius 3 is 2.28 bits per heavy atom. The Morgan fingerprint density at radius 2 is 1.69 bits per heavy atom. The van der Waals surface area contributed by atoms with Crippen molar-refractivity contribution in [3.05, 3.63) is 0 Å². The summed E-state index contributed by atoms with van der Waals surface area (Å²) in [5, 5.41) is 9.41. The largest absolute Gasteiger partial charge is 2.00 e. The average molecular weight is 489 g/mol. The Balaban J connectivity index is 0.00000420. The van der Waals surface area contributed by atoms with E-state index in [9.17, 15) is 4.79 Å². The third-order valence-corrected chi connectivity index (χ3v) is 4.80. The summed E-state index contributed by atoms with van der Waals surface area (Å²) < 4.78 is 5.32. The van der Waals surface area contributed by atoms with Gasteiger partial charge in [-0.15, -0.1) is 0 Å². The number of aliphatic imine (C=N–C) groups is 2. The van der Waals surface area contributed by atoms with Crippen molar-refractivity contribution in [1.29, 1.82) is 0 Å². The van der Waals surface area contributed by atoms with Gasteiger partial charge in [0.25, 0.3) is 0 Å². The van der Waals surface area contributed by atoms with E-state index in [-0.39, 0.29) is 28.9 Å². The Morgan fingerprint density at radius 1 is 1.10 bits per heavy atom. The van der Waals surface area contributed by atoms with Gasteiger partial charge in [-0.25, -0.2) is 0 Å². The first-order valence-electron chi connectivity index (χ1n) is 9.50. The second-order valence-electron chi connectivity index (χ2n) is 6.27. The van der Waals surface area contributed by atoms with Crippen LogP contribution in [0.2, 0.25) is 0 Å². The van der Waals surface area contributed by atoms with Crippen molar-refractivity contribution in [2.45, 2.75) is 33.1 Å². The van der Waals surface area contributed by atoms with Gasteiger partial charge in [0, 0.05) is 38.5 Å². The van der Waals surface area contributed by atoms with Crippen LogP contribution in [0.5, 0.6) is 0 Å². The molecular formula is C17H27CuN7O2S2. The van der Waals surface area contributed by atoms with E-state index >= 15 is 0 Å². The predicted octanol–water partition coefficient (Wildman–Crippen LogP) is 0.380. The minimum atomic E-state index is -0.0375. The van der Waals surface area contributed by atoms with Gasteiger partial charge in [0.2, 0.25) is 5.91 Å². The van der Waals surface area contributed by atoms with Crippen molar-refractivity contribution in [2.24, 2.45) is 26.1 Å². The summed E-state index contributed by atoms with van der Waals surface area (Å²) >= 11 is 10.2. The fourth-order valence-electron chi connectivity index (χ4n) is 3.01. The zero-order chi connectivity index (χ0) is 20.4. The molecule has 1 heterocycles. The first-order valence-corrected chi connectivity index (χ1v) is 10.3.